The van der Waals surface area contributed by atoms with Gasteiger partial charge in [0.25, 0.3) is 0 Å². The quantitative estimate of drug-likeness (QED) is 0.351. The summed E-state index contributed by atoms with van der Waals surface area (Å²) in [7, 11) is 0. The third-order valence-electron chi connectivity index (χ3n) is 8.69. The van der Waals surface area contributed by atoms with Crippen molar-refractivity contribution < 1.29 is 23.8 Å². The van der Waals surface area contributed by atoms with E-state index < -0.39 is 0 Å². The molecule has 1 unspecified atom stereocenters. The molecule has 0 spiro atoms. The van der Waals surface area contributed by atoms with E-state index in [9.17, 15) is 9.59 Å². The minimum atomic E-state index is -0.226. The number of carbonyl (C=O) groups is 2. The number of fused-ring (bicyclic) bond motifs is 1. The van der Waals surface area contributed by atoms with Crippen LogP contribution in [0, 0.1) is 11.8 Å². The van der Waals surface area contributed by atoms with Gasteiger partial charge in [-0.25, -0.2) is 4.79 Å². The molecule has 2 aromatic rings. The van der Waals surface area contributed by atoms with Crippen LogP contribution in [0.2, 0.25) is 0 Å². The molecular weight excluding hydrogens is 454 g/mol. The molecule has 1 saturated carbocycles. The van der Waals surface area contributed by atoms with Gasteiger partial charge >= 0.3 is 12.1 Å². The average Bonchev–Trinajstić information content (AvgIpc) is 2.92. The first-order chi connectivity index (χ1) is 17.5. The van der Waals surface area contributed by atoms with Crippen molar-refractivity contribution in [2.75, 3.05) is 13.3 Å². The molecule has 0 aromatic heterocycles. The fourth-order valence-electron chi connectivity index (χ4n) is 6.57. The van der Waals surface area contributed by atoms with E-state index in [1.54, 1.807) is 0 Å². The number of esters is 1. The number of nitrogens with zero attached hydrogens (tertiary/aromatic N) is 1. The molecule has 2 bridgehead atoms. The summed E-state index contributed by atoms with van der Waals surface area (Å²) in [6.07, 6.45) is 7.00. The van der Waals surface area contributed by atoms with Crippen molar-refractivity contribution in [1.82, 2.24) is 4.90 Å². The molecule has 0 N–H and O–H groups in total. The van der Waals surface area contributed by atoms with Crippen LogP contribution in [-0.2, 0) is 32.7 Å². The highest BCUT2D eigenvalue weighted by Gasteiger charge is 2.55. The summed E-state index contributed by atoms with van der Waals surface area (Å²) in [5.74, 6) is 0.819. The first-order valence-corrected chi connectivity index (χ1v) is 13.4. The van der Waals surface area contributed by atoms with Crippen LogP contribution >= 0.6 is 0 Å². The molecular formula is C30H37NO5. The molecule has 2 aliphatic carbocycles. The molecule has 2 fully saturated rings. The van der Waals surface area contributed by atoms with Crippen molar-refractivity contribution in [2.24, 2.45) is 11.8 Å². The van der Waals surface area contributed by atoms with E-state index in [0.29, 0.717) is 19.1 Å². The highest BCUT2D eigenvalue weighted by atomic mass is 16.7. The van der Waals surface area contributed by atoms with E-state index >= 15 is 0 Å². The lowest BCUT2D eigenvalue weighted by atomic mass is 9.52. The molecule has 1 amide bonds. The normalized spacial score (nSPS) is 25.2. The smallest absolute Gasteiger partial charge is 0.410 e. The van der Waals surface area contributed by atoms with Crippen molar-refractivity contribution >= 4 is 12.1 Å². The summed E-state index contributed by atoms with van der Waals surface area (Å²) in [5.41, 5.74) is 3.74. The molecule has 1 heterocycles. The van der Waals surface area contributed by atoms with Gasteiger partial charge < -0.3 is 19.1 Å². The minimum Gasteiger partial charge on any atom is -0.457 e. The number of carbonyl (C=O) groups excluding carboxylic acids is 2. The molecule has 192 valence electrons. The number of hydrogen-bond donors (Lipinski definition) is 0. The molecule has 1 saturated heterocycles. The van der Waals surface area contributed by atoms with Gasteiger partial charge in [-0.1, -0.05) is 63.1 Å². The maximum absolute atomic E-state index is 13.2. The van der Waals surface area contributed by atoms with Crippen molar-refractivity contribution in [1.29, 1.82) is 0 Å². The first-order valence-electron chi connectivity index (χ1n) is 13.4. The Balaban J connectivity index is 1.32. The predicted octanol–water partition coefficient (Wildman–Crippen LogP) is 6.01. The zero-order valence-corrected chi connectivity index (χ0v) is 21.4. The number of likely N-dealkylation sites (tertiary alicyclic amines) is 1. The minimum absolute atomic E-state index is 0.0674. The molecule has 2 aromatic carbocycles. The fraction of sp³-hybridized carbons (Fsp3) is 0.533. The Hall–Kier alpha value is -3.02. The van der Waals surface area contributed by atoms with Gasteiger partial charge in [-0.3, -0.25) is 4.79 Å². The Kier molecular flexibility index (Phi) is 7.22. The van der Waals surface area contributed by atoms with Gasteiger partial charge in [0, 0.05) is 18.0 Å². The number of benzene rings is 2. The standard InChI is InChI=1S/C30H37NO5/c1-3-21(2)28(32)36-20-35-24-13-12-23-17-27-25-11-7-8-14-30(25,26(23)18-24)15-16-31(27)29(33)34-19-22-9-5-4-6-10-22/h4-6,9-10,12-13,18,21,25,27H,3,7-8,11,14-17,19-20H2,1-2H3/t21?,25-,27+,30+/m0/s1. The van der Waals surface area contributed by atoms with Gasteiger partial charge in [0.15, 0.2) is 0 Å². The zero-order chi connectivity index (χ0) is 25.1. The monoisotopic (exact) mass is 491 g/mol. The van der Waals surface area contributed by atoms with E-state index in [2.05, 4.69) is 12.1 Å². The Bertz CT molecular complexity index is 1090. The highest BCUT2D eigenvalue weighted by Crippen LogP contribution is 2.56. The van der Waals surface area contributed by atoms with Crippen LogP contribution in [0.1, 0.15) is 69.1 Å². The number of hydrogen-bond acceptors (Lipinski definition) is 5. The van der Waals surface area contributed by atoms with Gasteiger partial charge in [0.05, 0.1) is 5.92 Å². The fourth-order valence-corrected chi connectivity index (χ4v) is 6.57. The second-order valence-electron chi connectivity index (χ2n) is 10.6. The van der Waals surface area contributed by atoms with Gasteiger partial charge in [-0.05, 0) is 66.8 Å². The van der Waals surface area contributed by atoms with Crippen LogP contribution in [0.25, 0.3) is 0 Å². The van der Waals surface area contributed by atoms with Crippen LogP contribution in [-0.4, -0.2) is 36.3 Å². The first kappa shape index (κ1) is 24.7. The van der Waals surface area contributed by atoms with E-state index in [0.717, 1.165) is 43.4 Å². The van der Waals surface area contributed by atoms with Crippen LogP contribution in [0.3, 0.4) is 0 Å². The predicted molar refractivity (Wildman–Crippen MR) is 137 cm³/mol. The van der Waals surface area contributed by atoms with Crippen molar-refractivity contribution in [2.45, 2.75) is 76.9 Å². The summed E-state index contributed by atoms with van der Waals surface area (Å²) < 4.78 is 16.9. The molecule has 1 aliphatic heterocycles. The second-order valence-corrected chi connectivity index (χ2v) is 10.6. The molecule has 4 atom stereocenters. The summed E-state index contributed by atoms with van der Waals surface area (Å²) >= 11 is 0. The van der Waals surface area contributed by atoms with Crippen molar-refractivity contribution in [3.63, 3.8) is 0 Å². The lowest BCUT2D eigenvalue weighted by Gasteiger charge is -2.58. The molecule has 36 heavy (non-hydrogen) atoms. The maximum atomic E-state index is 13.2. The summed E-state index contributed by atoms with van der Waals surface area (Å²) in [6, 6.07) is 16.3. The molecule has 6 heteroatoms. The van der Waals surface area contributed by atoms with Gasteiger partial charge in [0.1, 0.15) is 12.4 Å². The zero-order valence-electron chi connectivity index (χ0n) is 21.4. The molecule has 6 nitrogen and oxygen atoms in total. The Labute approximate surface area is 213 Å². The largest absolute Gasteiger partial charge is 0.457 e. The van der Waals surface area contributed by atoms with E-state index in [1.165, 1.54) is 24.0 Å². The summed E-state index contributed by atoms with van der Waals surface area (Å²) in [5, 5.41) is 0. The number of piperidine rings is 1. The van der Waals surface area contributed by atoms with Gasteiger partial charge in [-0.2, -0.15) is 0 Å². The second kappa shape index (κ2) is 10.5. The van der Waals surface area contributed by atoms with E-state index in [1.807, 2.05) is 55.1 Å². The third-order valence-corrected chi connectivity index (χ3v) is 8.69. The number of amides is 1. The Morgan fingerprint density at radius 2 is 1.92 bits per heavy atom. The summed E-state index contributed by atoms with van der Waals surface area (Å²) in [4.78, 5) is 27.2. The van der Waals surface area contributed by atoms with Crippen LogP contribution in [0.4, 0.5) is 4.79 Å². The summed E-state index contributed by atoms with van der Waals surface area (Å²) in [6.45, 7) is 4.78. The highest BCUT2D eigenvalue weighted by molar-refractivity contribution is 5.71. The lowest BCUT2D eigenvalue weighted by molar-refractivity contribution is -0.154. The topological polar surface area (TPSA) is 65.1 Å². The molecule has 0 radical (unpaired) electrons. The third kappa shape index (κ3) is 4.70. The number of ether oxygens (including phenoxy) is 3. The van der Waals surface area contributed by atoms with Crippen molar-refractivity contribution in [3.05, 3.63) is 65.2 Å². The average molecular weight is 492 g/mol. The molecule has 5 rings (SSSR count). The molecule has 3 aliphatic rings. The van der Waals surface area contributed by atoms with E-state index in [4.69, 9.17) is 14.2 Å². The van der Waals surface area contributed by atoms with Crippen molar-refractivity contribution in [3.8, 4) is 5.75 Å². The van der Waals surface area contributed by atoms with E-state index in [-0.39, 0.29) is 36.2 Å². The maximum Gasteiger partial charge on any atom is 0.410 e. The Morgan fingerprint density at radius 1 is 1.08 bits per heavy atom. The van der Waals surface area contributed by atoms with Gasteiger partial charge in [0.2, 0.25) is 6.79 Å². The Morgan fingerprint density at radius 3 is 2.72 bits per heavy atom. The van der Waals surface area contributed by atoms with Crippen LogP contribution < -0.4 is 4.74 Å². The number of rotatable bonds is 7. The van der Waals surface area contributed by atoms with Crippen LogP contribution in [0.5, 0.6) is 5.75 Å². The van der Waals surface area contributed by atoms with Gasteiger partial charge in [-0.15, -0.1) is 0 Å². The lowest BCUT2D eigenvalue weighted by Crippen LogP contribution is -2.62. The van der Waals surface area contributed by atoms with Crippen LogP contribution in [0.15, 0.2) is 48.5 Å². The SMILES string of the molecule is CCC(C)C(=O)OCOc1ccc2c(c1)[C@@]13CCCC[C@H]1[C@@H](C2)N(C(=O)OCc1ccccc1)CC3.